The molecule has 5 nitrogen and oxygen atoms in total. The van der Waals surface area contributed by atoms with Crippen LogP contribution < -0.4 is 15.0 Å². The van der Waals surface area contributed by atoms with Gasteiger partial charge in [-0.15, -0.1) is 0 Å². The van der Waals surface area contributed by atoms with Crippen molar-refractivity contribution < 1.29 is 9.13 Å². The van der Waals surface area contributed by atoms with E-state index in [1.807, 2.05) is 30.3 Å². The summed E-state index contributed by atoms with van der Waals surface area (Å²) >= 11 is 0. The summed E-state index contributed by atoms with van der Waals surface area (Å²) in [6.45, 7) is 8.11. The minimum absolute atomic E-state index is 0.236. The smallest absolute Gasteiger partial charge is 0.226 e. The van der Waals surface area contributed by atoms with Crippen LogP contribution in [0.5, 0.6) is 5.75 Å². The highest BCUT2D eigenvalue weighted by Crippen LogP contribution is 2.30. The number of rotatable bonds is 9. The van der Waals surface area contributed by atoms with Crippen molar-refractivity contribution in [1.29, 1.82) is 0 Å². The third-order valence-electron chi connectivity index (χ3n) is 6.52. The van der Waals surface area contributed by atoms with Crippen LogP contribution in [-0.4, -0.2) is 29.7 Å². The molecule has 1 fully saturated rings. The third-order valence-corrected chi connectivity index (χ3v) is 6.52. The lowest BCUT2D eigenvalue weighted by Gasteiger charge is -2.25. The maximum atomic E-state index is 13.6. The molecular formula is C30H33FN4O. The molecule has 4 aromatic rings. The van der Waals surface area contributed by atoms with E-state index in [9.17, 15) is 4.39 Å². The molecule has 0 saturated carbocycles. The van der Waals surface area contributed by atoms with Crippen molar-refractivity contribution in [3.8, 4) is 5.75 Å². The average Bonchev–Trinajstić information content (AvgIpc) is 3.43. The van der Waals surface area contributed by atoms with E-state index >= 15 is 0 Å². The van der Waals surface area contributed by atoms with Gasteiger partial charge in [-0.3, -0.25) is 0 Å². The Bertz CT molecular complexity index is 1280. The molecule has 6 heteroatoms. The van der Waals surface area contributed by atoms with Crippen LogP contribution >= 0.6 is 0 Å². The molecule has 0 spiro atoms. The second-order valence-electron chi connectivity index (χ2n) is 9.95. The van der Waals surface area contributed by atoms with Gasteiger partial charge in [0.2, 0.25) is 5.95 Å². The number of benzene rings is 3. The van der Waals surface area contributed by atoms with Crippen molar-refractivity contribution in [1.82, 2.24) is 15.3 Å². The fourth-order valence-electron chi connectivity index (χ4n) is 4.61. The first kappa shape index (κ1) is 24.2. The summed E-state index contributed by atoms with van der Waals surface area (Å²) in [5, 5.41) is 4.58. The van der Waals surface area contributed by atoms with E-state index in [0.717, 1.165) is 53.0 Å². The van der Waals surface area contributed by atoms with E-state index in [1.54, 1.807) is 0 Å². The van der Waals surface area contributed by atoms with Crippen LogP contribution in [0.25, 0.3) is 10.9 Å². The van der Waals surface area contributed by atoms with Gasteiger partial charge in [-0.25, -0.2) is 14.4 Å². The topological polar surface area (TPSA) is 50.3 Å². The van der Waals surface area contributed by atoms with Crippen LogP contribution in [0.1, 0.15) is 43.0 Å². The molecule has 0 amide bonds. The van der Waals surface area contributed by atoms with Crippen LogP contribution in [0, 0.1) is 11.7 Å². The van der Waals surface area contributed by atoms with Crippen LogP contribution in [0.15, 0.2) is 72.8 Å². The van der Waals surface area contributed by atoms with E-state index in [0.29, 0.717) is 37.5 Å². The molecule has 3 aromatic carbocycles. The summed E-state index contributed by atoms with van der Waals surface area (Å²) in [6.07, 6.45) is 1.07. The van der Waals surface area contributed by atoms with Gasteiger partial charge in [0, 0.05) is 30.9 Å². The third kappa shape index (κ3) is 5.82. The van der Waals surface area contributed by atoms with E-state index in [2.05, 4.69) is 54.4 Å². The van der Waals surface area contributed by atoms with Gasteiger partial charge in [0.25, 0.3) is 0 Å². The van der Waals surface area contributed by atoms with Gasteiger partial charge in [-0.2, -0.15) is 0 Å². The van der Waals surface area contributed by atoms with Gasteiger partial charge in [0.05, 0.1) is 17.8 Å². The summed E-state index contributed by atoms with van der Waals surface area (Å²) in [5.41, 5.74) is 4.19. The Morgan fingerprint density at radius 3 is 2.31 bits per heavy atom. The Balaban J connectivity index is 1.49. The predicted molar refractivity (Wildman–Crippen MR) is 143 cm³/mol. The number of hydrogen-bond donors (Lipinski definition) is 1. The Labute approximate surface area is 212 Å². The van der Waals surface area contributed by atoms with E-state index < -0.39 is 0 Å². The maximum Gasteiger partial charge on any atom is 0.226 e. The monoisotopic (exact) mass is 484 g/mol. The minimum atomic E-state index is -0.236. The molecule has 2 heterocycles. The fourth-order valence-corrected chi connectivity index (χ4v) is 4.61. The number of hydrogen-bond acceptors (Lipinski definition) is 5. The zero-order chi connectivity index (χ0) is 24.9. The fraction of sp³-hybridized carbons (Fsp3) is 0.333. The number of fused-ring (bicyclic) bond motifs is 1. The minimum Gasteiger partial charge on any atom is -0.493 e. The molecule has 0 radical (unpaired) electrons. The number of aromatic nitrogens is 2. The number of para-hydroxylation sites is 1. The molecule has 1 aromatic heterocycles. The number of anilines is 1. The molecule has 1 aliphatic rings. The highest BCUT2D eigenvalue weighted by atomic mass is 19.1. The summed E-state index contributed by atoms with van der Waals surface area (Å²) in [4.78, 5) is 12.3. The quantitative estimate of drug-likeness (QED) is 0.312. The summed E-state index contributed by atoms with van der Waals surface area (Å²) in [6, 6.07) is 23.1. The van der Waals surface area contributed by atoms with Crippen molar-refractivity contribution in [2.24, 2.45) is 5.92 Å². The molecule has 36 heavy (non-hydrogen) atoms. The molecule has 5 rings (SSSR count). The summed E-state index contributed by atoms with van der Waals surface area (Å²) in [5.74, 6) is 2.17. The van der Waals surface area contributed by atoms with Crippen molar-refractivity contribution in [2.45, 2.75) is 39.3 Å². The normalized spacial score (nSPS) is 15.5. The standard InChI is InChI=1S/C30H33FN4O/c1-21(2)20-36-26-13-9-23(10-14-26)19-35(18-22-7-11-25(31)12-8-22)30-33-28-6-4-3-5-27(28)29(34-30)24-15-16-32-17-24/h3-14,21,24,32H,15-20H2,1-2H3. The molecule has 1 saturated heterocycles. The summed E-state index contributed by atoms with van der Waals surface area (Å²) < 4.78 is 19.4. The molecule has 186 valence electrons. The lowest BCUT2D eigenvalue weighted by Crippen LogP contribution is -2.25. The second kappa shape index (κ2) is 11.0. The highest BCUT2D eigenvalue weighted by molar-refractivity contribution is 5.82. The summed E-state index contributed by atoms with van der Waals surface area (Å²) in [7, 11) is 0. The number of nitrogens with zero attached hydrogens (tertiary/aromatic N) is 3. The first-order valence-corrected chi connectivity index (χ1v) is 12.7. The molecule has 1 aliphatic heterocycles. The van der Waals surface area contributed by atoms with E-state index in [-0.39, 0.29) is 5.82 Å². The first-order valence-electron chi connectivity index (χ1n) is 12.7. The number of halogens is 1. The van der Waals surface area contributed by atoms with Gasteiger partial charge in [0.1, 0.15) is 11.6 Å². The van der Waals surface area contributed by atoms with Crippen molar-refractivity contribution in [3.63, 3.8) is 0 Å². The Morgan fingerprint density at radius 2 is 1.64 bits per heavy atom. The number of ether oxygens (including phenoxy) is 1. The lowest BCUT2D eigenvalue weighted by molar-refractivity contribution is 0.271. The number of nitrogens with one attached hydrogen (secondary N) is 1. The van der Waals surface area contributed by atoms with Crippen molar-refractivity contribution >= 4 is 16.9 Å². The molecule has 1 unspecified atom stereocenters. The SMILES string of the molecule is CC(C)COc1ccc(CN(Cc2ccc(F)cc2)c2nc(C3CCNC3)c3ccccc3n2)cc1. The zero-order valence-corrected chi connectivity index (χ0v) is 21.0. The molecule has 0 aliphatic carbocycles. The maximum absolute atomic E-state index is 13.6. The molecule has 0 bridgehead atoms. The van der Waals surface area contributed by atoms with Crippen LogP contribution in [0.2, 0.25) is 0 Å². The second-order valence-corrected chi connectivity index (χ2v) is 9.95. The Hall–Kier alpha value is -3.51. The van der Waals surface area contributed by atoms with E-state index in [4.69, 9.17) is 14.7 Å². The van der Waals surface area contributed by atoms with Crippen LogP contribution in [0.4, 0.5) is 10.3 Å². The van der Waals surface area contributed by atoms with Crippen LogP contribution in [0.3, 0.4) is 0 Å². The largest absolute Gasteiger partial charge is 0.493 e. The van der Waals surface area contributed by atoms with Gasteiger partial charge in [0.15, 0.2) is 0 Å². The highest BCUT2D eigenvalue weighted by Gasteiger charge is 2.23. The van der Waals surface area contributed by atoms with Gasteiger partial charge in [-0.1, -0.05) is 56.3 Å². The van der Waals surface area contributed by atoms with E-state index in [1.165, 1.54) is 12.1 Å². The average molecular weight is 485 g/mol. The Kier molecular flexibility index (Phi) is 7.42. The van der Waals surface area contributed by atoms with Gasteiger partial charge < -0.3 is 15.0 Å². The lowest BCUT2D eigenvalue weighted by atomic mass is 10.00. The van der Waals surface area contributed by atoms with Crippen LogP contribution in [-0.2, 0) is 13.1 Å². The molecular weight excluding hydrogens is 451 g/mol. The van der Waals surface area contributed by atoms with Crippen molar-refractivity contribution in [2.75, 3.05) is 24.6 Å². The van der Waals surface area contributed by atoms with Crippen molar-refractivity contribution in [3.05, 3.63) is 95.4 Å². The Morgan fingerprint density at radius 1 is 0.944 bits per heavy atom. The van der Waals surface area contributed by atoms with Gasteiger partial charge >= 0.3 is 0 Å². The first-order chi connectivity index (χ1) is 17.5. The van der Waals surface area contributed by atoms with Gasteiger partial charge in [-0.05, 0) is 60.3 Å². The molecule has 1 atom stereocenters. The predicted octanol–water partition coefficient (Wildman–Crippen LogP) is 6.09. The molecule has 1 N–H and O–H groups in total. The zero-order valence-electron chi connectivity index (χ0n) is 21.0.